The monoisotopic (exact) mass is 695 g/mol. The zero-order chi connectivity index (χ0) is 28.1. The molecule has 9 nitrogen and oxygen atoms in total. The van der Waals surface area contributed by atoms with Gasteiger partial charge in [-0.15, -0.1) is 0 Å². The lowest BCUT2D eigenvalue weighted by Gasteiger charge is -2.33. The summed E-state index contributed by atoms with van der Waals surface area (Å²) in [7, 11) is 1.08. The Morgan fingerprint density at radius 2 is 1.82 bits per heavy atom. The zero-order valence-corrected chi connectivity index (χ0v) is 26.5. The van der Waals surface area contributed by atoms with Crippen LogP contribution in [0.3, 0.4) is 0 Å². The molecule has 0 radical (unpaired) electrons. The minimum Gasteiger partial charge on any atom is -0.448 e. The maximum atomic E-state index is 12.7. The van der Waals surface area contributed by atoms with E-state index >= 15 is 0 Å². The van der Waals surface area contributed by atoms with E-state index in [0.717, 1.165) is 70.3 Å². The van der Waals surface area contributed by atoms with Crippen LogP contribution < -0.4 is 0 Å². The fourth-order valence-electron chi connectivity index (χ4n) is 4.80. The summed E-state index contributed by atoms with van der Waals surface area (Å²) < 4.78 is 24.9. The van der Waals surface area contributed by atoms with Crippen LogP contribution in [-0.2, 0) is 15.5 Å². The summed E-state index contributed by atoms with van der Waals surface area (Å²) in [5, 5.41) is 1.50. The van der Waals surface area contributed by atoms with Crippen molar-refractivity contribution in [2.75, 3.05) is 65.7 Å². The van der Waals surface area contributed by atoms with Gasteiger partial charge in [-0.1, -0.05) is 12.1 Å². The molecule has 1 unspecified atom stereocenters. The van der Waals surface area contributed by atoms with Gasteiger partial charge in [-0.2, -0.15) is 0 Å². The Kier molecular flexibility index (Phi) is 10.2. The van der Waals surface area contributed by atoms with E-state index < -0.39 is 10.8 Å². The number of likely N-dealkylation sites (N-methyl/N-ethyl adjacent to an activating group) is 1. The van der Waals surface area contributed by atoms with Crippen molar-refractivity contribution >= 4 is 51.2 Å². The number of hydrogen-bond acceptors (Lipinski definition) is 9. The summed E-state index contributed by atoms with van der Waals surface area (Å²) in [5.74, 6) is 0.781. The summed E-state index contributed by atoms with van der Waals surface area (Å²) in [6, 6.07) is 11.6. The number of carbonyl (C=O) groups is 1. The number of carbonyl (C=O) groups excluding carboxylic acids is 1. The average molecular weight is 696 g/mol. The van der Waals surface area contributed by atoms with Gasteiger partial charge in [-0.25, -0.2) is 14.8 Å². The Morgan fingerprint density at radius 3 is 2.48 bits per heavy atom. The fourth-order valence-corrected chi connectivity index (χ4v) is 6.46. The zero-order valence-electron chi connectivity index (χ0n) is 22.8. The number of amides is 1. The molecule has 2 saturated heterocycles. The maximum absolute atomic E-state index is 12.7. The molecule has 4 heterocycles. The van der Waals surface area contributed by atoms with Crippen LogP contribution in [0.25, 0.3) is 11.3 Å². The van der Waals surface area contributed by atoms with Crippen LogP contribution in [0, 0.1) is 3.57 Å². The molecule has 3 aromatic rings. The molecule has 12 heteroatoms. The van der Waals surface area contributed by atoms with E-state index in [-0.39, 0.29) is 12.0 Å². The van der Waals surface area contributed by atoms with E-state index in [1.807, 2.05) is 42.6 Å². The van der Waals surface area contributed by atoms with Gasteiger partial charge >= 0.3 is 6.09 Å². The van der Waals surface area contributed by atoms with Gasteiger partial charge in [0.1, 0.15) is 17.3 Å². The number of pyridine rings is 1. The number of oxazole rings is 1. The molecular weight excluding hydrogens is 661 g/mol. The van der Waals surface area contributed by atoms with E-state index in [0.29, 0.717) is 30.7 Å². The SMILES string of the molecule is CN1CCN(CCOC(=O)N2CCC(c3nc(-c4ccc(S(C)=O)cc4)c(Sc4ccc(I)cn4)o3)CC2)CC1. The van der Waals surface area contributed by atoms with Crippen LogP contribution in [0.2, 0.25) is 0 Å². The van der Waals surface area contributed by atoms with Crippen molar-refractivity contribution in [1.82, 2.24) is 24.7 Å². The third-order valence-electron chi connectivity index (χ3n) is 7.30. The Labute approximate surface area is 255 Å². The summed E-state index contributed by atoms with van der Waals surface area (Å²) >= 11 is 3.68. The van der Waals surface area contributed by atoms with Gasteiger partial charge in [0.2, 0.25) is 0 Å². The molecule has 1 aromatic carbocycles. The number of piperidine rings is 1. The van der Waals surface area contributed by atoms with Gasteiger partial charge in [0.15, 0.2) is 11.0 Å². The quantitative estimate of drug-likeness (QED) is 0.309. The van der Waals surface area contributed by atoms with Crippen molar-refractivity contribution < 1.29 is 18.2 Å². The van der Waals surface area contributed by atoms with Gasteiger partial charge in [-0.05, 0) is 78.5 Å². The van der Waals surface area contributed by atoms with Crippen molar-refractivity contribution in [3.63, 3.8) is 0 Å². The molecular formula is C28H34IN5O4S2. The molecule has 0 spiro atoms. The van der Waals surface area contributed by atoms with Crippen molar-refractivity contribution in [2.24, 2.45) is 0 Å². The minimum atomic E-state index is -1.05. The van der Waals surface area contributed by atoms with Crippen LogP contribution in [0.4, 0.5) is 4.79 Å². The van der Waals surface area contributed by atoms with Crippen molar-refractivity contribution in [1.29, 1.82) is 0 Å². The van der Waals surface area contributed by atoms with E-state index in [9.17, 15) is 9.00 Å². The topological polar surface area (TPSA) is 92.0 Å². The van der Waals surface area contributed by atoms with Gasteiger partial charge in [-0.3, -0.25) is 9.11 Å². The predicted molar refractivity (Wildman–Crippen MR) is 164 cm³/mol. The number of ether oxygens (including phenoxy) is 1. The molecule has 2 aliphatic heterocycles. The Morgan fingerprint density at radius 1 is 1.10 bits per heavy atom. The fraction of sp³-hybridized carbons (Fsp3) is 0.464. The van der Waals surface area contributed by atoms with Crippen molar-refractivity contribution in [3.8, 4) is 11.3 Å². The first-order valence-corrected chi connectivity index (χ1v) is 16.9. The molecule has 0 bridgehead atoms. The predicted octanol–water partition coefficient (Wildman–Crippen LogP) is 4.79. The maximum Gasteiger partial charge on any atom is 0.409 e. The van der Waals surface area contributed by atoms with Crippen molar-refractivity contribution in [3.05, 3.63) is 52.1 Å². The number of aromatic nitrogens is 2. The van der Waals surface area contributed by atoms with Gasteiger partial charge in [0, 0.05) is 89.0 Å². The normalized spacial score (nSPS) is 18.1. The first-order valence-electron chi connectivity index (χ1n) is 13.4. The summed E-state index contributed by atoms with van der Waals surface area (Å²) in [6.45, 7) is 6.54. The third-order valence-corrected chi connectivity index (χ3v) is 9.79. The molecule has 0 N–H and O–H groups in total. The molecule has 2 aromatic heterocycles. The molecule has 2 fully saturated rings. The van der Waals surface area contributed by atoms with Gasteiger partial charge < -0.3 is 19.0 Å². The molecule has 40 heavy (non-hydrogen) atoms. The highest BCUT2D eigenvalue weighted by Crippen LogP contribution is 2.39. The van der Waals surface area contributed by atoms with Crippen LogP contribution in [-0.4, -0.2) is 101 Å². The lowest BCUT2D eigenvalue weighted by atomic mass is 9.97. The molecule has 0 saturated carbocycles. The lowest BCUT2D eigenvalue weighted by molar-refractivity contribution is 0.0720. The van der Waals surface area contributed by atoms with E-state index in [4.69, 9.17) is 14.1 Å². The smallest absolute Gasteiger partial charge is 0.409 e. The summed E-state index contributed by atoms with van der Waals surface area (Å²) in [6.07, 6.45) is 4.77. The van der Waals surface area contributed by atoms with Gasteiger partial charge in [0.25, 0.3) is 0 Å². The molecule has 5 rings (SSSR count). The highest BCUT2D eigenvalue weighted by molar-refractivity contribution is 14.1. The highest BCUT2D eigenvalue weighted by Gasteiger charge is 2.29. The second kappa shape index (κ2) is 13.8. The Bertz CT molecular complexity index is 1310. The first-order chi connectivity index (χ1) is 19.4. The molecule has 2 aliphatic rings. The van der Waals surface area contributed by atoms with Crippen LogP contribution in [0.15, 0.2) is 62.0 Å². The molecule has 214 valence electrons. The van der Waals surface area contributed by atoms with Gasteiger partial charge in [0.05, 0.1) is 0 Å². The molecule has 1 atom stereocenters. The second-order valence-electron chi connectivity index (χ2n) is 10.1. The number of rotatable bonds is 8. The largest absolute Gasteiger partial charge is 0.448 e. The first kappa shape index (κ1) is 29.5. The Balaban J connectivity index is 1.22. The molecule has 0 aliphatic carbocycles. The Hall–Kier alpha value is -2.00. The number of likely N-dealkylation sites (tertiary alicyclic amines) is 1. The minimum absolute atomic E-state index is 0.106. The highest BCUT2D eigenvalue weighted by atomic mass is 127. The lowest BCUT2D eigenvalue weighted by Crippen LogP contribution is -2.46. The summed E-state index contributed by atoms with van der Waals surface area (Å²) in [5.41, 5.74) is 1.65. The number of hydrogen-bond donors (Lipinski definition) is 0. The standard InChI is InChI=1S/C28H34IN5O4S2/c1-32-13-15-33(16-14-32)17-18-37-28(35)34-11-9-21(10-12-34)26-31-25(20-3-6-23(7-4-20)40(2)36)27(38-26)39-24-8-5-22(29)19-30-24/h3-8,19,21H,9-18H2,1-2H3. The molecule has 1 amide bonds. The third kappa shape index (κ3) is 7.64. The number of benzene rings is 1. The van der Waals surface area contributed by atoms with Crippen LogP contribution >= 0.6 is 34.4 Å². The summed E-state index contributed by atoms with van der Waals surface area (Å²) in [4.78, 5) is 29.4. The average Bonchev–Trinajstić information content (AvgIpc) is 3.39. The van der Waals surface area contributed by atoms with E-state index in [2.05, 4.69) is 44.4 Å². The van der Waals surface area contributed by atoms with Crippen molar-refractivity contribution in [2.45, 2.75) is 33.8 Å². The second-order valence-corrected chi connectivity index (χ2v) is 13.7. The van der Waals surface area contributed by atoms with E-state index in [1.165, 1.54) is 11.8 Å². The van der Waals surface area contributed by atoms with Crippen LogP contribution in [0.1, 0.15) is 24.7 Å². The van der Waals surface area contributed by atoms with Crippen LogP contribution in [0.5, 0.6) is 0 Å². The number of piperazine rings is 1. The number of halogens is 1. The number of nitrogens with zero attached hydrogens (tertiary/aromatic N) is 5. The van der Waals surface area contributed by atoms with E-state index in [1.54, 1.807) is 11.2 Å².